The fourth-order valence-corrected chi connectivity index (χ4v) is 4.64. The Labute approximate surface area is 206 Å². The summed E-state index contributed by atoms with van der Waals surface area (Å²) in [5.74, 6) is -1.23. The number of nitrogens with one attached hydrogen (secondary N) is 1. The van der Waals surface area contributed by atoms with Crippen molar-refractivity contribution in [2.24, 2.45) is 0 Å². The van der Waals surface area contributed by atoms with Gasteiger partial charge in [-0.2, -0.15) is 0 Å². The molecule has 10 heteroatoms. The zero-order chi connectivity index (χ0) is 24.8. The molecule has 3 aromatic carbocycles. The molecule has 35 heavy (non-hydrogen) atoms. The Hall–Kier alpha value is -3.95. The highest BCUT2D eigenvalue weighted by Gasteiger charge is 2.23. The molecular weight excluding hydrogens is 490 g/mol. The van der Waals surface area contributed by atoms with E-state index in [9.17, 15) is 18.0 Å². The fourth-order valence-electron chi connectivity index (χ4n) is 3.33. The number of sulfonamides is 1. The molecule has 0 spiro atoms. The molecule has 0 fully saturated rings. The maximum atomic E-state index is 13.3. The van der Waals surface area contributed by atoms with Crippen molar-refractivity contribution >= 4 is 33.4 Å². The maximum Gasteiger partial charge on any atom is 0.326 e. The molecule has 4 aromatic rings. The van der Waals surface area contributed by atoms with Crippen LogP contribution in [-0.2, 0) is 32.7 Å². The molecule has 0 unspecified atom stereocenters. The number of carbonyl (C=O) groups excluding carboxylic acids is 1. The number of rotatable bonds is 8. The van der Waals surface area contributed by atoms with Crippen molar-refractivity contribution in [1.82, 2.24) is 9.55 Å². The molecule has 1 aromatic heterocycles. The molecule has 0 atom stereocenters. The second-order valence-corrected chi connectivity index (χ2v) is 9.46. The number of hydrogen-bond acceptors (Lipinski definition) is 6. The lowest BCUT2D eigenvalue weighted by Crippen LogP contribution is -2.31. The largest absolute Gasteiger partial charge is 0.459 e. The van der Waals surface area contributed by atoms with Crippen molar-refractivity contribution in [3.8, 4) is 11.3 Å². The van der Waals surface area contributed by atoms with E-state index in [-0.39, 0.29) is 22.3 Å². The van der Waals surface area contributed by atoms with Gasteiger partial charge in [-0.25, -0.2) is 13.4 Å². The average molecular weight is 510 g/mol. The third kappa shape index (κ3) is 5.76. The van der Waals surface area contributed by atoms with Crippen LogP contribution < -0.4 is 10.3 Å². The van der Waals surface area contributed by atoms with Crippen LogP contribution in [0.15, 0.2) is 101 Å². The molecule has 0 bridgehead atoms. The second-order valence-electron chi connectivity index (χ2n) is 7.42. The Morgan fingerprint density at radius 2 is 1.49 bits per heavy atom. The van der Waals surface area contributed by atoms with Crippen LogP contribution in [0.3, 0.4) is 0 Å². The van der Waals surface area contributed by atoms with E-state index in [1.54, 1.807) is 60.7 Å². The molecule has 0 aliphatic carbocycles. The van der Waals surface area contributed by atoms with Crippen LogP contribution in [0.2, 0.25) is 5.15 Å². The Kier molecular flexibility index (Phi) is 7.28. The second kappa shape index (κ2) is 10.5. The zero-order valence-corrected chi connectivity index (χ0v) is 19.9. The summed E-state index contributed by atoms with van der Waals surface area (Å²) in [6.07, 6.45) is 0. The van der Waals surface area contributed by atoms with E-state index in [4.69, 9.17) is 16.3 Å². The van der Waals surface area contributed by atoms with Gasteiger partial charge in [0.2, 0.25) is 5.82 Å². The number of nitrogens with zero attached hydrogens (tertiary/aromatic N) is 2. The highest BCUT2D eigenvalue weighted by Crippen LogP contribution is 2.27. The highest BCUT2D eigenvalue weighted by molar-refractivity contribution is 7.92. The third-order valence-electron chi connectivity index (χ3n) is 4.98. The molecule has 1 heterocycles. The van der Waals surface area contributed by atoms with E-state index >= 15 is 0 Å². The smallest absolute Gasteiger partial charge is 0.326 e. The monoisotopic (exact) mass is 509 g/mol. The van der Waals surface area contributed by atoms with Gasteiger partial charge in [0.15, 0.2) is 5.15 Å². The topological polar surface area (TPSA) is 107 Å². The Bertz CT molecular complexity index is 1490. The fraction of sp³-hybridized carbons (Fsp3) is 0.0800. The molecule has 178 valence electrons. The maximum absolute atomic E-state index is 13.3. The minimum Gasteiger partial charge on any atom is -0.459 e. The summed E-state index contributed by atoms with van der Waals surface area (Å²) in [6, 6.07) is 25.2. The minimum absolute atomic E-state index is 0.0153. The molecule has 0 aliphatic heterocycles. The Morgan fingerprint density at radius 3 is 2.11 bits per heavy atom. The van der Waals surface area contributed by atoms with Crippen LogP contribution in [0.4, 0.5) is 5.82 Å². The van der Waals surface area contributed by atoms with Crippen LogP contribution in [0, 0.1) is 0 Å². The van der Waals surface area contributed by atoms with Crippen molar-refractivity contribution < 1.29 is 17.9 Å². The van der Waals surface area contributed by atoms with Crippen molar-refractivity contribution in [3.63, 3.8) is 0 Å². The van der Waals surface area contributed by atoms with Crippen molar-refractivity contribution in [2.75, 3.05) is 4.72 Å². The lowest BCUT2D eigenvalue weighted by Gasteiger charge is -2.16. The number of aromatic nitrogens is 2. The summed E-state index contributed by atoms with van der Waals surface area (Å²) in [4.78, 5) is 30.0. The van der Waals surface area contributed by atoms with Gasteiger partial charge in [0.25, 0.3) is 15.6 Å². The summed E-state index contributed by atoms with van der Waals surface area (Å²) in [5, 5.41) is -0.155. The van der Waals surface area contributed by atoms with Crippen molar-refractivity contribution in [1.29, 1.82) is 0 Å². The van der Waals surface area contributed by atoms with Gasteiger partial charge >= 0.3 is 5.97 Å². The highest BCUT2D eigenvalue weighted by atomic mass is 35.5. The van der Waals surface area contributed by atoms with Gasteiger partial charge in [-0.1, -0.05) is 90.5 Å². The summed E-state index contributed by atoms with van der Waals surface area (Å²) >= 11 is 6.41. The first kappa shape index (κ1) is 24.2. The first-order valence-corrected chi connectivity index (χ1v) is 12.3. The number of halogens is 1. The number of esters is 1. The number of benzene rings is 3. The summed E-state index contributed by atoms with van der Waals surface area (Å²) in [7, 11) is -4.12. The van der Waals surface area contributed by atoms with E-state index < -0.39 is 33.9 Å². The molecule has 1 N–H and O–H groups in total. The van der Waals surface area contributed by atoms with Crippen molar-refractivity contribution in [3.05, 3.63) is 112 Å². The summed E-state index contributed by atoms with van der Waals surface area (Å²) in [6.45, 7) is -0.487. The third-order valence-corrected chi connectivity index (χ3v) is 6.60. The number of hydrogen-bond donors (Lipinski definition) is 1. The molecule has 0 radical (unpaired) electrons. The minimum atomic E-state index is -4.12. The van der Waals surface area contributed by atoms with Crippen LogP contribution in [-0.4, -0.2) is 23.9 Å². The van der Waals surface area contributed by atoms with Crippen LogP contribution in [0.25, 0.3) is 11.3 Å². The van der Waals surface area contributed by atoms with Crippen molar-refractivity contribution in [2.45, 2.75) is 18.0 Å². The van der Waals surface area contributed by atoms with Gasteiger partial charge in [0.1, 0.15) is 13.2 Å². The zero-order valence-electron chi connectivity index (χ0n) is 18.3. The number of ether oxygens (including phenoxy) is 1. The number of carbonyl (C=O) groups is 1. The van der Waals surface area contributed by atoms with E-state index in [1.807, 2.05) is 18.2 Å². The predicted octanol–water partition coefficient (Wildman–Crippen LogP) is 4.11. The average Bonchev–Trinajstić information content (AvgIpc) is 2.87. The van der Waals surface area contributed by atoms with E-state index in [2.05, 4.69) is 9.71 Å². The van der Waals surface area contributed by atoms with Gasteiger partial charge in [-0.3, -0.25) is 18.9 Å². The lowest BCUT2D eigenvalue weighted by molar-refractivity contribution is -0.145. The quantitative estimate of drug-likeness (QED) is 0.358. The molecule has 0 amide bonds. The summed E-state index contributed by atoms with van der Waals surface area (Å²) < 4.78 is 34.1. The Balaban J connectivity index is 1.71. The van der Waals surface area contributed by atoms with Gasteiger partial charge in [0.05, 0.1) is 10.6 Å². The molecule has 0 saturated heterocycles. The normalized spacial score (nSPS) is 11.1. The van der Waals surface area contributed by atoms with Gasteiger partial charge in [0, 0.05) is 5.56 Å². The molecule has 8 nitrogen and oxygen atoms in total. The first-order chi connectivity index (χ1) is 16.8. The molecule has 4 rings (SSSR count). The van der Waals surface area contributed by atoms with Gasteiger partial charge in [-0.05, 0) is 17.7 Å². The molecule has 0 saturated carbocycles. The van der Waals surface area contributed by atoms with Gasteiger partial charge in [-0.15, -0.1) is 0 Å². The standard InChI is InChI=1S/C25H20ClN3O5S/c26-23-22(19-12-6-2-7-13-19)29(16-21(30)34-17-18-10-4-1-5-11-18)25(31)24(27-23)28-35(32,33)20-14-8-3-9-15-20/h1-15H,16-17H2,(H,27,28). The first-order valence-electron chi connectivity index (χ1n) is 10.5. The summed E-state index contributed by atoms with van der Waals surface area (Å²) in [5.41, 5.74) is 0.622. The van der Waals surface area contributed by atoms with E-state index in [0.717, 1.165) is 10.1 Å². The Morgan fingerprint density at radius 1 is 0.914 bits per heavy atom. The van der Waals surface area contributed by atoms with E-state index in [0.29, 0.717) is 5.56 Å². The van der Waals surface area contributed by atoms with Crippen LogP contribution in [0.1, 0.15) is 5.56 Å². The molecule has 0 aliphatic rings. The van der Waals surface area contributed by atoms with E-state index in [1.165, 1.54) is 12.1 Å². The SMILES string of the molecule is O=C(Cn1c(-c2ccccc2)c(Cl)nc(NS(=O)(=O)c2ccccc2)c1=O)OCc1ccccc1. The van der Waals surface area contributed by atoms with Crippen LogP contribution in [0.5, 0.6) is 0 Å². The predicted molar refractivity (Wildman–Crippen MR) is 132 cm³/mol. The van der Waals surface area contributed by atoms with Crippen LogP contribution >= 0.6 is 11.6 Å². The lowest BCUT2D eigenvalue weighted by atomic mass is 10.1. The number of anilines is 1. The molecular formula is C25H20ClN3O5S. The van der Waals surface area contributed by atoms with Gasteiger partial charge < -0.3 is 4.74 Å².